The summed E-state index contributed by atoms with van der Waals surface area (Å²) in [6.45, 7) is 2.79. The Morgan fingerprint density at radius 1 is 1.50 bits per heavy atom. The van der Waals surface area contributed by atoms with E-state index in [-0.39, 0.29) is 0 Å². The molecule has 1 atom stereocenters. The van der Waals surface area contributed by atoms with E-state index >= 15 is 0 Å². The van der Waals surface area contributed by atoms with E-state index < -0.39 is 0 Å². The predicted octanol–water partition coefficient (Wildman–Crippen LogP) is 2.98. The molecular formula is C12H17BrN2O. The standard InChI is InChI=1S/C12H17BrN2O/c1-2-5-16-12-8-14-7-10(15-12)6-11(13)9-3-4-9/h7-9,11H,2-6H2,1H3. The van der Waals surface area contributed by atoms with Crippen molar-refractivity contribution in [1.82, 2.24) is 9.97 Å². The van der Waals surface area contributed by atoms with Gasteiger partial charge in [-0.05, 0) is 25.2 Å². The molecule has 3 nitrogen and oxygen atoms in total. The Hall–Kier alpha value is -0.640. The minimum Gasteiger partial charge on any atom is -0.477 e. The second kappa shape index (κ2) is 5.62. The van der Waals surface area contributed by atoms with Crippen molar-refractivity contribution in [2.45, 2.75) is 37.4 Å². The molecule has 1 saturated carbocycles. The van der Waals surface area contributed by atoms with E-state index in [1.807, 2.05) is 6.20 Å². The molecule has 1 unspecified atom stereocenters. The Bertz CT molecular complexity index is 342. The van der Waals surface area contributed by atoms with Crippen LogP contribution in [0.15, 0.2) is 12.4 Å². The molecule has 1 fully saturated rings. The molecule has 0 amide bonds. The largest absolute Gasteiger partial charge is 0.477 e. The minimum atomic E-state index is 0.545. The van der Waals surface area contributed by atoms with Gasteiger partial charge in [-0.3, -0.25) is 4.98 Å². The maximum absolute atomic E-state index is 5.46. The zero-order valence-corrected chi connectivity index (χ0v) is 11.1. The van der Waals surface area contributed by atoms with Crippen LogP contribution in [0.5, 0.6) is 5.88 Å². The van der Waals surface area contributed by atoms with Crippen LogP contribution in [0.3, 0.4) is 0 Å². The third kappa shape index (κ3) is 3.44. The average molecular weight is 285 g/mol. The minimum absolute atomic E-state index is 0.545. The van der Waals surface area contributed by atoms with Crippen LogP contribution in [0, 0.1) is 5.92 Å². The molecule has 0 spiro atoms. The van der Waals surface area contributed by atoms with Crippen LogP contribution in [0.4, 0.5) is 0 Å². The number of alkyl halides is 1. The highest BCUT2D eigenvalue weighted by Crippen LogP contribution is 2.37. The Morgan fingerprint density at radius 3 is 3.00 bits per heavy atom. The van der Waals surface area contributed by atoms with Gasteiger partial charge in [-0.25, -0.2) is 4.98 Å². The van der Waals surface area contributed by atoms with Gasteiger partial charge in [0.05, 0.1) is 18.5 Å². The molecule has 88 valence electrons. The molecular weight excluding hydrogens is 268 g/mol. The summed E-state index contributed by atoms with van der Waals surface area (Å²) in [6, 6.07) is 0. The smallest absolute Gasteiger partial charge is 0.232 e. The first kappa shape index (κ1) is 11.8. The number of ether oxygens (including phenoxy) is 1. The van der Waals surface area contributed by atoms with Gasteiger partial charge in [0.25, 0.3) is 0 Å². The third-order valence-electron chi connectivity index (χ3n) is 2.65. The molecule has 1 aliphatic carbocycles. The molecule has 0 radical (unpaired) electrons. The van der Waals surface area contributed by atoms with E-state index in [1.165, 1.54) is 12.8 Å². The van der Waals surface area contributed by atoms with Crippen LogP contribution in [0.25, 0.3) is 0 Å². The molecule has 0 bridgehead atoms. The number of hydrogen-bond donors (Lipinski definition) is 0. The number of hydrogen-bond acceptors (Lipinski definition) is 3. The van der Waals surface area contributed by atoms with Crippen LogP contribution in [0.1, 0.15) is 31.9 Å². The zero-order chi connectivity index (χ0) is 11.4. The SMILES string of the molecule is CCCOc1cncc(CC(Br)C2CC2)n1. The average Bonchev–Trinajstić information content (AvgIpc) is 3.10. The van der Waals surface area contributed by atoms with Gasteiger partial charge in [0.15, 0.2) is 0 Å². The van der Waals surface area contributed by atoms with Crippen molar-refractivity contribution >= 4 is 15.9 Å². The van der Waals surface area contributed by atoms with Crippen LogP contribution >= 0.6 is 15.9 Å². The molecule has 4 heteroatoms. The zero-order valence-electron chi connectivity index (χ0n) is 9.53. The Morgan fingerprint density at radius 2 is 2.31 bits per heavy atom. The van der Waals surface area contributed by atoms with E-state index in [0.29, 0.717) is 17.3 Å². The summed E-state index contributed by atoms with van der Waals surface area (Å²) in [6.07, 6.45) is 8.13. The van der Waals surface area contributed by atoms with Crippen LogP contribution < -0.4 is 4.74 Å². The molecule has 1 aromatic rings. The van der Waals surface area contributed by atoms with Crippen LogP contribution in [0.2, 0.25) is 0 Å². The number of aromatic nitrogens is 2. The van der Waals surface area contributed by atoms with Crippen molar-refractivity contribution in [3.05, 3.63) is 18.1 Å². The molecule has 0 saturated heterocycles. The van der Waals surface area contributed by atoms with Gasteiger partial charge in [0.1, 0.15) is 0 Å². The summed E-state index contributed by atoms with van der Waals surface area (Å²) < 4.78 is 5.46. The van der Waals surface area contributed by atoms with E-state index in [9.17, 15) is 0 Å². The molecule has 1 aliphatic rings. The normalized spacial score (nSPS) is 17.1. The summed E-state index contributed by atoms with van der Waals surface area (Å²) in [5.74, 6) is 1.48. The van der Waals surface area contributed by atoms with E-state index in [1.54, 1.807) is 6.20 Å². The van der Waals surface area contributed by atoms with Crippen LogP contribution in [-0.2, 0) is 6.42 Å². The van der Waals surface area contributed by atoms with Crippen molar-refractivity contribution in [3.63, 3.8) is 0 Å². The lowest BCUT2D eigenvalue weighted by atomic mass is 10.2. The first-order valence-electron chi connectivity index (χ1n) is 5.87. The van der Waals surface area contributed by atoms with E-state index in [4.69, 9.17) is 4.74 Å². The molecule has 1 heterocycles. The second-order valence-electron chi connectivity index (χ2n) is 4.25. The lowest BCUT2D eigenvalue weighted by molar-refractivity contribution is 0.303. The van der Waals surface area contributed by atoms with Crippen molar-refractivity contribution in [2.24, 2.45) is 5.92 Å². The van der Waals surface area contributed by atoms with Gasteiger partial charge in [0.2, 0.25) is 5.88 Å². The summed E-state index contributed by atoms with van der Waals surface area (Å²) in [5.41, 5.74) is 1.02. The molecule has 1 aromatic heterocycles. The van der Waals surface area contributed by atoms with Gasteiger partial charge in [-0.15, -0.1) is 0 Å². The Balaban J connectivity index is 1.92. The summed E-state index contributed by atoms with van der Waals surface area (Å²) >= 11 is 3.71. The Kier molecular flexibility index (Phi) is 4.16. The third-order valence-corrected chi connectivity index (χ3v) is 3.73. The highest BCUT2D eigenvalue weighted by Gasteiger charge is 2.29. The monoisotopic (exact) mass is 284 g/mol. The first-order valence-corrected chi connectivity index (χ1v) is 6.79. The lowest BCUT2D eigenvalue weighted by Gasteiger charge is -2.08. The summed E-state index contributed by atoms with van der Waals surface area (Å²) in [4.78, 5) is 9.15. The quantitative estimate of drug-likeness (QED) is 0.754. The molecule has 2 rings (SSSR count). The number of nitrogens with zero attached hydrogens (tertiary/aromatic N) is 2. The van der Waals surface area contributed by atoms with Crippen LogP contribution in [-0.4, -0.2) is 21.4 Å². The highest BCUT2D eigenvalue weighted by molar-refractivity contribution is 9.09. The van der Waals surface area contributed by atoms with Crippen molar-refractivity contribution < 1.29 is 4.74 Å². The summed E-state index contributed by atoms with van der Waals surface area (Å²) in [5, 5.41) is 0. The number of rotatable bonds is 6. The van der Waals surface area contributed by atoms with Gasteiger partial charge in [0, 0.05) is 17.4 Å². The fraction of sp³-hybridized carbons (Fsp3) is 0.667. The summed E-state index contributed by atoms with van der Waals surface area (Å²) in [7, 11) is 0. The highest BCUT2D eigenvalue weighted by atomic mass is 79.9. The maximum atomic E-state index is 5.46. The maximum Gasteiger partial charge on any atom is 0.232 e. The first-order chi connectivity index (χ1) is 7.79. The van der Waals surface area contributed by atoms with Gasteiger partial charge in [-0.1, -0.05) is 22.9 Å². The van der Waals surface area contributed by atoms with E-state index in [2.05, 4.69) is 32.8 Å². The van der Waals surface area contributed by atoms with Crippen molar-refractivity contribution in [1.29, 1.82) is 0 Å². The fourth-order valence-corrected chi connectivity index (χ4v) is 2.45. The predicted molar refractivity (Wildman–Crippen MR) is 67.0 cm³/mol. The molecule has 0 aliphatic heterocycles. The van der Waals surface area contributed by atoms with E-state index in [0.717, 1.165) is 24.5 Å². The Labute approximate surface area is 105 Å². The molecule has 16 heavy (non-hydrogen) atoms. The molecule has 0 aromatic carbocycles. The van der Waals surface area contributed by atoms with Crippen molar-refractivity contribution in [3.8, 4) is 5.88 Å². The topological polar surface area (TPSA) is 35.0 Å². The number of halogens is 1. The lowest BCUT2D eigenvalue weighted by Crippen LogP contribution is -2.08. The second-order valence-corrected chi connectivity index (χ2v) is 5.43. The molecule has 0 N–H and O–H groups in total. The van der Waals surface area contributed by atoms with Gasteiger partial charge < -0.3 is 4.74 Å². The van der Waals surface area contributed by atoms with Crippen molar-refractivity contribution in [2.75, 3.05) is 6.61 Å². The fourth-order valence-electron chi connectivity index (χ4n) is 1.59. The van der Waals surface area contributed by atoms with Gasteiger partial charge >= 0.3 is 0 Å². The van der Waals surface area contributed by atoms with Gasteiger partial charge in [-0.2, -0.15) is 0 Å².